The van der Waals surface area contributed by atoms with E-state index in [9.17, 15) is 57.1 Å². The fourth-order valence-electron chi connectivity index (χ4n) is 2.74. The van der Waals surface area contributed by atoms with Crippen molar-refractivity contribution >= 4 is 0 Å². The van der Waals surface area contributed by atoms with Crippen LogP contribution in [0.5, 0.6) is 0 Å². The average Bonchev–Trinajstić information content (AvgIpc) is 3.37. The van der Waals surface area contributed by atoms with Gasteiger partial charge in [0.1, 0.15) is 12.7 Å². The summed E-state index contributed by atoms with van der Waals surface area (Å²) < 4.78 is 186. The van der Waals surface area contributed by atoms with E-state index in [0.29, 0.717) is 12.8 Å². The quantitative estimate of drug-likeness (QED) is 0.308. The van der Waals surface area contributed by atoms with Crippen LogP contribution in [0.3, 0.4) is 0 Å². The third-order valence-electron chi connectivity index (χ3n) is 4.49. The van der Waals surface area contributed by atoms with Crippen molar-refractivity contribution in [1.82, 2.24) is 0 Å². The van der Waals surface area contributed by atoms with Crippen LogP contribution in [-0.2, 0) is 18.9 Å². The Hall–Kier alpha value is -1.33. The van der Waals surface area contributed by atoms with Gasteiger partial charge in [-0.05, 0) is 19.3 Å². The smallest absolute Gasteiger partial charge is 0.369 e. The molecule has 32 heavy (non-hydrogen) atoms. The van der Waals surface area contributed by atoms with Crippen molar-refractivity contribution in [3.05, 3.63) is 12.4 Å². The Balaban J connectivity index is 2.32. The van der Waals surface area contributed by atoms with E-state index in [1.54, 1.807) is 6.58 Å². The SMILES string of the molecule is C=C(F)C(F)(F)OC(F)(C(F)(F)F)C(F)(F)OC(F)(COC1CCCC2OC12)C(F)(F)F. The molecule has 0 aromatic heterocycles. The summed E-state index contributed by atoms with van der Waals surface area (Å²) in [5.41, 5.74) is 0. The summed E-state index contributed by atoms with van der Waals surface area (Å²) in [6.07, 6.45) is -29.0. The average molecular weight is 504 g/mol. The van der Waals surface area contributed by atoms with Crippen LogP contribution in [0.15, 0.2) is 12.4 Å². The second kappa shape index (κ2) is 8.16. The number of hydrogen-bond donors (Lipinski definition) is 0. The topological polar surface area (TPSA) is 40.2 Å². The highest BCUT2D eigenvalue weighted by Gasteiger charge is 2.80. The molecule has 5 atom stereocenters. The van der Waals surface area contributed by atoms with Crippen molar-refractivity contribution < 1.29 is 76.0 Å². The highest BCUT2D eigenvalue weighted by molar-refractivity contribution is 4.98. The number of rotatable bonds is 9. The maximum absolute atomic E-state index is 14.3. The Labute approximate surface area is 170 Å². The maximum atomic E-state index is 14.3. The third kappa shape index (κ3) is 5.09. The van der Waals surface area contributed by atoms with Gasteiger partial charge in [0.2, 0.25) is 0 Å². The van der Waals surface area contributed by atoms with Crippen molar-refractivity contribution in [3.8, 4) is 0 Å². The Bertz CT molecular complexity index is 708. The standard InChI is InChI=1S/C15H13F13O4/c1-6(16)11(18,19)32-12(20,14(24,25)26)15(27,28)31-10(17,13(21,22)23)5-29-7-3-2-4-8-9(7)30-8/h7-9H,1-5H2. The van der Waals surface area contributed by atoms with Gasteiger partial charge in [-0.2, -0.15) is 52.7 Å². The first kappa shape index (κ1) is 26.9. The van der Waals surface area contributed by atoms with Crippen LogP contribution < -0.4 is 0 Å². The second-order valence-electron chi connectivity index (χ2n) is 6.88. The number of ether oxygens (including phenoxy) is 4. The van der Waals surface area contributed by atoms with Crippen molar-refractivity contribution in [3.63, 3.8) is 0 Å². The molecule has 0 spiro atoms. The molecule has 2 fully saturated rings. The molecule has 5 unspecified atom stereocenters. The van der Waals surface area contributed by atoms with E-state index in [0.717, 1.165) is 0 Å². The van der Waals surface area contributed by atoms with Crippen LogP contribution >= 0.6 is 0 Å². The minimum atomic E-state index is -7.28. The monoisotopic (exact) mass is 504 g/mol. The van der Waals surface area contributed by atoms with Gasteiger partial charge in [-0.1, -0.05) is 6.58 Å². The van der Waals surface area contributed by atoms with Crippen LogP contribution in [0.2, 0.25) is 0 Å². The van der Waals surface area contributed by atoms with Gasteiger partial charge < -0.3 is 9.47 Å². The lowest BCUT2D eigenvalue weighted by Crippen LogP contribution is -2.65. The Morgan fingerprint density at radius 1 is 0.844 bits per heavy atom. The van der Waals surface area contributed by atoms with Gasteiger partial charge in [0.25, 0.3) is 0 Å². The van der Waals surface area contributed by atoms with Crippen LogP contribution in [0.25, 0.3) is 0 Å². The van der Waals surface area contributed by atoms with Crippen molar-refractivity contribution in [2.45, 2.75) is 73.9 Å². The molecule has 188 valence electrons. The Kier molecular flexibility index (Phi) is 6.86. The van der Waals surface area contributed by atoms with Crippen LogP contribution in [0.4, 0.5) is 57.1 Å². The highest BCUT2D eigenvalue weighted by atomic mass is 19.4. The van der Waals surface area contributed by atoms with Crippen LogP contribution in [-0.4, -0.2) is 61.2 Å². The first-order valence-corrected chi connectivity index (χ1v) is 8.46. The molecule has 0 amide bonds. The molecule has 0 aromatic carbocycles. The molecule has 2 rings (SSSR count). The van der Waals surface area contributed by atoms with Gasteiger partial charge in [-0.15, -0.1) is 0 Å². The molecule has 1 saturated heterocycles. The normalized spacial score (nSPS) is 28.5. The fourth-order valence-corrected chi connectivity index (χ4v) is 2.74. The van der Waals surface area contributed by atoms with Crippen molar-refractivity contribution in [1.29, 1.82) is 0 Å². The number of alkyl halides is 12. The Morgan fingerprint density at radius 3 is 1.88 bits per heavy atom. The van der Waals surface area contributed by atoms with Gasteiger partial charge in [0.05, 0.1) is 12.2 Å². The van der Waals surface area contributed by atoms with E-state index < -0.39 is 67.0 Å². The van der Waals surface area contributed by atoms with E-state index >= 15 is 0 Å². The predicted octanol–water partition coefficient (Wildman–Crippen LogP) is 5.48. The summed E-state index contributed by atoms with van der Waals surface area (Å²) in [7, 11) is 0. The zero-order valence-electron chi connectivity index (χ0n) is 15.3. The third-order valence-corrected chi connectivity index (χ3v) is 4.49. The molecule has 0 radical (unpaired) electrons. The molecule has 2 aliphatic rings. The second-order valence-corrected chi connectivity index (χ2v) is 6.88. The number of halogens is 13. The van der Waals surface area contributed by atoms with Gasteiger partial charge >= 0.3 is 36.3 Å². The molecule has 1 aliphatic heterocycles. The number of fused-ring (bicyclic) bond motifs is 1. The molecule has 0 bridgehead atoms. The van der Waals surface area contributed by atoms with Gasteiger partial charge in [-0.3, -0.25) is 9.47 Å². The summed E-state index contributed by atoms with van der Waals surface area (Å²) in [4.78, 5) is 0. The van der Waals surface area contributed by atoms with Gasteiger partial charge in [-0.25, -0.2) is 4.39 Å². The van der Waals surface area contributed by atoms with E-state index in [1.165, 1.54) is 0 Å². The Morgan fingerprint density at radius 2 is 1.41 bits per heavy atom. The summed E-state index contributed by atoms with van der Waals surface area (Å²) in [5, 5.41) is 0. The molecule has 0 N–H and O–H groups in total. The lowest BCUT2D eigenvalue weighted by Gasteiger charge is -2.39. The summed E-state index contributed by atoms with van der Waals surface area (Å²) in [5.74, 6) is -16.2. The van der Waals surface area contributed by atoms with Crippen molar-refractivity contribution in [2.75, 3.05) is 6.61 Å². The van der Waals surface area contributed by atoms with Gasteiger partial charge in [0.15, 0.2) is 5.83 Å². The molecule has 0 aromatic rings. The summed E-state index contributed by atoms with van der Waals surface area (Å²) in [6.45, 7) is -0.804. The van der Waals surface area contributed by atoms with Gasteiger partial charge in [0, 0.05) is 0 Å². The molecule has 1 heterocycles. The molecule has 1 aliphatic carbocycles. The number of hydrogen-bond acceptors (Lipinski definition) is 4. The number of epoxide rings is 1. The van der Waals surface area contributed by atoms with Crippen LogP contribution in [0, 0.1) is 0 Å². The fraction of sp³-hybridized carbons (Fsp3) is 0.867. The van der Waals surface area contributed by atoms with Crippen LogP contribution in [0.1, 0.15) is 19.3 Å². The molecule has 17 heteroatoms. The maximum Gasteiger partial charge on any atom is 0.458 e. The zero-order valence-corrected chi connectivity index (χ0v) is 15.3. The summed E-state index contributed by atoms with van der Waals surface area (Å²) in [6, 6.07) is 0. The molecule has 1 saturated carbocycles. The van der Waals surface area contributed by atoms with Crippen molar-refractivity contribution in [2.24, 2.45) is 0 Å². The summed E-state index contributed by atoms with van der Waals surface area (Å²) >= 11 is 0. The first-order chi connectivity index (χ1) is 14.2. The highest BCUT2D eigenvalue weighted by Crippen LogP contribution is 2.53. The molecular formula is C15H13F13O4. The minimum Gasteiger partial charge on any atom is -0.369 e. The molecule has 4 nitrogen and oxygen atoms in total. The largest absolute Gasteiger partial charge is 0.458 e. The van der Waals surface area contributed by atoms with E-state index in [1.807, 2.05) is 0 Å². The first-order valence-electron chi connectivity index (χ1n) is 8.46. The van der Waals surface area contributed by atoms with E-state index in [-0.39, 0.29) is 6.42 Å². The molecular weight excluding hydrogens is 491 g/mol. The lowest BCUT2D eigenvalue weighted by atomic mass is 9.98. The zero-order chi connectivity index (χ0) is 25.0. The van der Waals surface area contributed by atoms with E-state index in [2.05, 4.69) is 14.2 Å². The lowest BCUT2D eigenvalue weighted by molar-refractivity contribution is -0.529. The van der Waals surface area contributed by atoms with E-state index in [4.69, 9.17) is 4.74 Å². The minimum absolute atomic E-state index is 0.0466. The predicted molar refractivity (Wildman–Crippen MR) is 74.4 cm³/mol.